The molecule has 0 spiro atoms. The fourth-order valence-corrected chi connectivity index (χ4v) is 2.97. The van der Waals surface area contributed by atoms with E-state index in [2.05, 4.69) is 5.10 Å². The Morgan fingerprint density at radius 1 is 1.35 bits per heavy atom. The minimum absolute atomic E-state index is 0.0559. The predicted molar refractivity (Wildman–Crippen MR) is 93.8 cm³/mol. The van der Waals surface area contributed by atoms with Crippen LogP contribution in [-0.2, 0) is 6.54 Å². The SMILES string of the molecule is CCN(CC(O)c1cccc(O)c1)C(=O)c1cc2n(n1)CCN(C)C2=O. The third kappa shape index (κ3) is 3.41. The lowest BCUT2D eigenvalue weighted by atomic mass is 10.1. The highest BCUT2D eigenvalue weighted by atomic mass is 16.3. The molecule has 2 aromatic rings. The first kappa shape index (κ1) is 17.9. The molecule has 0 fully saturated rings. The molecule has 0 bridgehead atoms. The van der Waals surface area contributed by atoms with E-state index < -0.39 is 6.10 Å². The van der Waals surface area contributed by atoms with Gasteiger partial charge in [0.05, 0.1) is 19.2 Å². The van der Waals surface area contributed by atoms with Crippen molar-refractivity contribution in [2.24, 2.45) is 0 Å². The molecule has 8 heteroatoms. The van der Waals surface area contributed by atoms with Crippen molar-refractivity contribution < 1.29 is 19.8 Å². The van der Waals surface area contributed by atoms with Gasteiger partial charge in [0.1, 0.15) is 11.4 Å². The lowest BCUT2D eigenvalue weighted by molar-refractivity contribution is 0.0627. The molecule has 0 radical (unpaired) electrons. The van der Waals surface area contributed by atoms with Crippen LogP contribution < -0.4 is 0 Å². The summed E-state index contributed by atoms with van der Waals surface area (Å²) < 4.78 is 1.55. The number of aromatic nitrogens is 2. The number of aliphatic hydroxyl groups is 1. The number of phenolic OH excluding ortho intramolecular Hbond substituents is 1. The summed E-state index contributed by atoms with van der Waals surface area (Å²) in [5, 5.41) is 24.2. The van der Waals surface area contributed by atoms with Gasteiger partial charge in [-0.05, 0) is 24.6 Å². The number of phenols is 1. The zero-order chi connectivity index (χ0) is 18.8. The highest BCUT2D eigenvalue weighted by Crippen LogP contribution is 2.20. The normalized spacial score (nSPS) is 14.9. The van der Waals surface area contributed by atoms with Crippen LogP contribution in [0.3, 0.4) is 0 Å². The van der Waals surface area contributed by atoms with Crippen molar-refractivity contribution in [3.05, 3.63) is 47.3 Å². The van der Waals surface area contributed by atoms with Crippen LogP contribution in [0.1, 0.15) is 39.6 Å². The molecule has 1 aliphatic rings. The summed E-state index contributed by atoms with van der Waals surface area (Å²) in [6.45, 7) is 3.35. The van der Waals surface area contributed by atoms with Crippen molar-refractivity contribution in [2.75, 3.05) is 26.7 Å². The summed E-state index contributed by atoms with van der Waals surface area (Å²) in [5.41, 5.74) is 1.11. The molecule has 2 heterocycles. The Kier molecular flexibility index (Phi) is 4.94. The van der Waals surface area contributed by atoms with Crippen molar-refractivity contribution in [3.63, 3.8) is 0 Å². The summed E-state index contributed by atoms with van der Waals surface area (Å²) in [7, 11) is 1.71. The molecule has 26 heavy (non-hydrogen) atoms. The number of carbonyl (C=O) groups excluding carboxylic acids is 2. The number of nitrogens with zero attached hydrogens (tertiary/aromatic N) is 4. The summed E-state index contributed by atoms with van der Waals surface area (Å²) >= 11 is 0. The predicted octanol–water partition coefficient (Wildman–Crippen LogP) is 0.870. The molecule has 1 aromatic carbocycles. The molecule has 138 valence electrons. The second kappa shape index (κ2) is 7.17. The van der Waals surface area contributed by atoms with Crippen LogP contribution in [0.5, 0.6) is 5.75 Å². The smallest absolute Gasteiger partial charge is 0.274 e. The molecule has 1 atom stereocenters. The maximum Gasteiger partial charge on any atom is 0.274 e. The van der Waals surface area contributed by atoms with Crippen LogP contribution in [0.15, 0.2) is 30.3 Å². The minimum atomic E-state index is -0.934. The van der Waals surface area contributed by atoms with Gasteiger partial charge in [-0.15, -0.1) is 0 Å². The highest BCUT2D eigenvalue weighted by Gasteiger charge is 2.28. The molecule has 3 rings (SSSR count). The van der Waals surface area contributed by atoms with E-state index in [0.717, 1.165) is 0 Å². The van der Waals surface area contributed by atoms with Crippen LogP contribution >= 0.6 is 0 Å². The van der Waals surface area contributed by atoms with Crippen LogP contribution in [0.25, 0.3) is 0 Å². The molecule has 1 unspecified atom stereocenters. The van der Waals surface area contributed by atoms with E-state index in [1.165, 1.54) is 23.1 Å². The summed E-state index contributed by atoms with van der Waals surface area (Å²) in [6.07, 6.45) is -0.934. The summed E-state index contributed by atoms with van der Waals surface area (Å²) in [5.74, 6) is -0.449. The Balaban J connectivity index is 1.77. The van der Waals surface area contributed by atoms with Crippen molar-refractivity contribution in [2.45, 2.75) is 19.6 Å². The Morgan fingerprint density at radius 2 is 2.12 bits per heavy atom. The molecule has 0 saturated heterocycles. The van der Waals surface area contributed by atoms with Gasteiger partial charge in [-0.25, -0.2) is 0 Å². The Morgan fingerprint density at radius 3 is 2.81 bits per heavy atom. The van der Waals surface area contributed by atoms with Gasteiger partial charge in [-0.3, -0.25) is 14.3 Å². The van der Waals surface area contributed by atoms with Gasteiger partial charge in [0, 0.05) is 26.2 Å². The van der Waals surface area contributed by atoms with E-state index in [-0.39, 0.29) is 29.8 Å². The summed E-state index contributed by atoms with van der Waals surface area (Å²) in [6, 6.07) is 7.81. The lowest BCUT2D eigenvalue weighted by Crippen LogP contribution is -2.37. The van der Waals surface area contributed by atoms with Crippen LogP contribution in [-0.4, -0.2) is 68.3 Å². The first-order valence-electron chi connectivity index (χ1n) is 8.50. The monoisotopic (exact) mass is 358 g/mol. The molecule has 8 nitrogen and oxygen atoms in total. The van der Waals surface area contributed by atoms with Gasteiger partial charge in [0.2, 0.25) is 0 Å². The van der Waals surface area contributed by atoms with E-state index in [4.69, 9.17) is 0 Å². The standard InChI is InChI=1S/C18H22N4O4/c1-3-21(11-16(24)12-5-4-6-13(23)9-12)17(25)14-10-15-18(26)20(2)7-8-22(15)19-14/h4-6,9-10,16,23-24H,3,7-8,11H2,1-2H3. The van der Waals surface area contributed by atoms with E-state index in [1.54, 1.807) is 28.8 Å². The van der Waals surface area contributed by atoms with Crippen LogP contribution in [0, 0.1) is 0 Å². The number of hydrogen-bond donors (Lipinski definition) is 2. The largest absolute Gasteiger partial charge is 0.508 e. The number of rotatable bonds is 5. The zero-order valence-corrected chi connectivity index (χ0v) is 14.8. The van der Waals surface area contributed by atoms with Gasteiger partial charge in [-0.2, -0.15) is 5.10 Å². The van der Waals surface area contributed by atoms with Crippen molar-refractivity contribution in [3.8, 4) is 5.75 Å². The molecular weight excluding hydrogens is 336 g/mol. The third-order valence-electron chi connectivity index (χ3n) is 4.53. The van der Waals surface area contributed by atoms with E-state index in [9.17, 15) is 19.8 Å². The van der Waals surface area contributed by atoms with Crippen LogP contribution in [0.4, 0.5) is 0 Å². The second-order valence-corrected chi connectivity index (χ2v) is 6.32. The quantitative estimate of drug-likeness (QED) is 0.826. The number of carbonyl (C=O) groups is 2. The Labute approximate surface area is 151 Å². The number of aliphatic hydroxyl groups excluding tert-OH is 1. The third-order valence-corrected chi connectivity index (χ3v) is 4.53. The molecule has 2 amide bonds. The highest BCUT2D eigenvalue weighted by molar-refractivity contribution is 5.98. The van der Waals surface area contributed by atoms with Gasteiger partial charge < -0.3 is 20.0 Å². The maximum atomic E-state index is 12.8. The van der Waals surface area contributed by atoms with E-state index in [0.29, 0.717) is 30.9 Å². The number of fused-ring (bicyclic) bond motifs is 1. The Hall–Kier alpha value is -2.87. The minimum Gasteiger partial charge on any atom is -0.508 e. The average molecular weight is 358 g/mol. The number of benzene rings is 1. The van der Waals surface area contributed by atoms with E-state index >= 15 is 0 Å². The zero-order valence-electron chi connectivity index (χ0n) is 14.8. The van der Waals surface area contributed by atoms with Crippen molar-refractivity contribution >= 4 is 11.8 Å². The fourth-order valence-electron chi connectivity index (χ4n) is 2.97. The molecule has 0 saturated carbocycles. The summed E-state index contributed by atoms with van der Waals surface area (Å²) in [4.78, 5) is 28.0. The molecule has 2 N–H and O–H groups in total. The first-order valence-corrected chi connectivity index (χ1v) is 8.50. The first-order chi connectivity index (χ1) is 12.4. The van der Waals surface area contributed by atoms with Gasteiger partial charge in [-0.1, -0.05) is 12.1 Å². The molecule has 1 aromatic heterocycles. The number of amides is 2. The van der Waals surface area contributed by atoms with Crippen LogP contribution in [0.2, 0.25) is 0 Å². The van der Waals surface area contributed by atoms with E-state index in [1.807, 2.05) is 6.92 Å². The number of likely N-dealkylation sites (N-methyl/N-ethyl adjacent to an activating group) is 2. The number of hydrogen-bond acceptors (Lipinski definition) is 5. The Bertz CT molecular complexity index is 832. The maximum absolute atomic E-state index is 12.8. The average Bonchev–Trinajstić information content (AvgIpc) is 3.07. The molecule has 1 aliphatic heterocycles. The lowest BCUT2D eigenvalue weighted by Gasteiger charge is -2.23. The number of aromatic hydroxyl groups is 1. The topological polar surface area (TPSA) is 98.9 Å². The van der Waals surface area contributed by atoms with Gasteiger partial charge in [0.15, 0.2) is 5.69 Å². The molecular formula is C18H22N4O4. The molecule has 0 aliphatic carbocycles. The van der Waals surface area contributed by atoms with Crippen molar-refractivity contribution in [1.29, 1.82) is 0 Å². The van der Waals surface area contributed by atoms with Crippen molar-refractivity contribution in [1.82, 2.24) is 19.6 Å². The van der Waals surface area contributed by atoms with Gasteiger partial charge >= 0.3 is 0 Å². The second-order valence-electron chi connectivity index (χ2n) is 6.32. The fraction of sp³-hybridized carbons (Fsp3) is 0.389. The van der Waals surface area contributed by atoms with Gasteiger partial charge in [0.25, 0.3) is 11.8 Å².